The molecular weight excluding hydrogens is 344 g/mol. The molecule has 0 aliphatic rings. The van der Waals surface area contributed by atoms with Gasteiger partial charge in [0, 0.05) is 12.1 Å². The number of methoxy groups -OCH3 is 1. The predicted octanol–water partition coefficient (Wildman–Crippen LogP) is 2.82. The molecule has 0 heterocycles. The SMILES string of the molecule is COc1cccc(NC(=O)c2cccc3ccccc23)c1C(=O)NCCO. The molecular formula is C21H20N2O4. The van der Waals surface area contributed by atoms with Gasteiger partial charge in [0.05, 0.1) is 19.4 Å². The van der Waals surface area contributed by atoms with Crippen molar-refractivity contribution in [2.24, 2.45) is 0 Å². The van der Waals surface area contributed by atoms with Gasteiger partial charge in [-0.2, -0.15) is 0 Å². The summed E-state index contributed by atoms with van der Waals surface area (Å²) >= 11 is 0. The fraction of sp³-hybridized carbons (Fsp3) is 0.143. The lowest BCUT2D eigenvalue weighted by molar-refractivity contribution is 0.0942. The molecule has 6 nitrogen and oxygen atoms in total. The van der Waals surface area contributed by atoms with Crippen molar-refractivity contribution in [2.75, 3.05) is 25.6 Å². The van der Waals surface area contributed by atoms with E-state index >= 15 is 0 Å². The summed E-state index contributed by atoms with van der Waals surface area (Å²) in [6.45, 7) is -0.0772. The third-order valence-electron chi connectivity index (χ3n) is 4.15. The van der Waals surface area contributed by atoms with Crippen molar-refractivity contribution in [1.82, 2.24) is 5.32 Å². The minimum Gasteiger partial charge on any atom is -0.496 e. The summed E-state index contributed by atoms with van der Waals surface area (Å²) in [7, 11) is 1.45. The normalized spacial score (nSPS) is 10.4. The standard InChI is InChI=1S/C21H20N2O4/c1-27-18-11-5-10-17(19(18)21(26)22-12-13-24)23-20(25)16-9-4-7-14-6-2-3-8-15(14)16/h2-11,24H,12-13H2,1H3,(H,22,26)(H,23,25). The van der Waals surface area contributed by atoms with E-state index in [1.807, 2.05) is 36.4 Å². The maximum Gasteiger partial charge on any atom is 0.257 e. The second-order valence-electron chi connectivity index (χ2n) is 5.84. The van der Waals surface area contributed by atoms with Crippen molar-refractivity contribution in [3.8, 4) is 5.75 Å². The highest BCUT2D eigenvalue weighted by Gasteiger charge is 2.19. The number of anilines is 1. The molecule has 3 rings (SSSR count). The van der Waals surface area contributed by atoms with Crippen molar-refractivity contribution in [3.63, 3.8) is 0 Å². The van der Waals surface area contributed by atoms with Crippen LogP contribution in [0.3, 0.4) is 0 Å². The number of fused-ring (bicyclic) bond motifs is 1. The van der Waals surface area contributed by atoms with Gasteiger partial charge in [-0.3, -0.25) is 9.59 Å². The highest BCUT2D eigenvalue weighted by Crippen LogP contribution is 2.27. The first-order chi connectivity index (χ1) is 13.2. The van der Waals surface area contributed by atoms with Crippen molar-refractivity contribution >= 4 is 28.3 Å². The minimum absolute atomic E-state index is 0.105. The molecule has 0 aromatic heterocycles. The van der Waals surface area contributed by atoms with Crippen molar-refractivity contribution in [2.45, 2.75) is 0 Å². The Morgan fingerprint density at radius 2 is 1.70 bits per heavy atom. The fourth-order valence-electron chi connectivity index (χ4n) is 2.91. The summed E-state index contributed by atoms with van der Waals surface area (Å²) in [5, 5.41) is 16.1. The van der Waals surface area contributed by atoms with Gasteiger partial charge in [-0.25, -0.2) is 0 Å². The molecule has 0 bridgehead atoms. The van der Waals surface area contributed by atoms with Gasteiger partial charge >= 0.3 is 0 Å². The number of carbonyl (C=O) groups excluding carboxylic acids is 2. The Kier molecular flexibility index (Phi) is 5.68. The summed E-state index contributed by atoms with van der Waals surface area (Å²) in [4.78, 5) is 25.4. The van der Waals surface area contributed by atoms with Gasteiger partial charge in [0.2, 0.25) is 0 Å². The van der Waals surface area contributed by atoms with Gasteiger partial charge in [-0.15, -0.1) is 0 Å². The van der Waals surface area contributed by atoms with Crippen LogP contribution in [0.2, 0.25) is 0 Å². The number of carbonyl (C=O) groups is 2. The molecule has 2 amide bonds. The topological polar surface area (TPSA) is 87.7 Å². The number of aliphatic hydroxyl groups excluding tert-OH is 1. The number of amides is 2. The van der Waals surface area contributed by atoms with Crippen LogP contribution in [0.1, 0.15) is 20.7 Å². The van der Waals surface area contributed by atoms with Crippen LogP contribution in [0.4, 0.5) is 5.69 Å². The van der Waals surface area contributed by atoms with E-state index in [1.165, 1.54) is 7.11 Å². The largest absolute Gasteiger partial charge is 0.496 e. The van der Waals surface area contributed by atoms with E-state index in [4.69, 9.17) is 9.84 Å². The number of rotatable bonds is 6. The van der Waals surface area contributed by atoms with Crippen LogP contribution in [0, 0.1) is 0 Å². The lowest BCUT2D eigenvalue weighted by Gasteiger charge is -2.15. The summed E-state index contributed by atoms with van der Waals surface area (Å²) in [6, 6.07) is 18.1. The average molecular weight is 364 g/mol. The first-order valence-corrected chi connectivity index (χ1v) is 8.51. The van der Waals surface area contributed by atoms with Crippen molar-refractivity contribution in [1.29, 1.82) is 0 Å². The summed E-state index contributed by atoms with van der Waals surface area (Å²) in [5.74, 6) is -0.424. The van der Waals surface area contributed by atoms with Crippen LogP contribution in [0.25, 0.3) is 10.8 Å². The second kappa shape index (κ2) is 8.33. The van der Waals surface area contributed by atoms with Gasteiger partial charge < -0.3 is 20.5 Å². The molecule has 3 N–H and O–H groups in total. The zero-order valence-electron chi connectivity index (χ0n) is 14.9. The maximum absolute atomic E-state index is 12.9. The Bertz CT molecular complexity index is 980. The fourth-order valence-corrected chi connectivity index (χ4v) is 2.91. The number of aliphatic hydroxyl groups is 1. The lowest BCUT2D eigenvalue weighted by Crippen LogP contribution is -2.28. The van der Waals surface area contributed by atoms with Gasteiger partial charge in [0.25, 0.3) is 11.8 Å². The molecule has 0 aliphatic carbocycles. The van der Waals surface area contributed by atoms with Crippen LogP contribution in [0.15, 0.2) is 60.7 Å². The third-order valence-corrected chi connectivity index (χ3v) is 4.15. The minimum atomic E-state index is -0.435. The maximum atomic E-state index is 12.9. The van der Waals surface area contributed by atoms with Crippen LogP contribution in [0.5, 0.6) is 5.75 Å². The quantitative estimate of drug-likeness (QED) is 0.628. The van der Waals surface area contributed by atoms with Crippen molar-refractivity contribution in [3.05, 3.63) is 71.8 Å². The van der Waals surface area contributed by atoms with E-state index in [-0.39, 0.29) is 24.6 Å². The van der Waals surface area contributed by atoms with E-state index in [1.54, 1.807) is 24.3 Å². The Hall–Kier alpha value is -3.38. The summed E-state index contributed by atoms with van der Waals surface area (Å²) < 4.78 is 5.27. The predicted molar refractivity (Wildman–Crippen MR) is 104 cm³/mol. The zero-order valence-corrected chi connectivity index (χ0v) is 14.9. The molecule has 0 aliphatic heterocycles. The van der Waals surface area contributed by atoms with Gasteiger partial charge in [-0.1, -0.05) is 42.5 Å². The van der Waals surface area contributed by atoms with Crippen LogP contribution >= 0.6 is 0 Å². The third kappa shape index (κ3) is 3.91. The molecule has 0 spiro atoms. The van der Waals surface area contributed by atoms with E-state index in [9.17, 15) is 9.59 Å². The van der Waals surface area contributed by atoms with Gasteiger partial charge in [0.15, 0.2) is 0 Å². The zero-order chi connectivity index (χ0) is 19.2. The molecule has 0 atom stereocenters. The molecule has 0 radical (unpaired) electrons. The molecule has 6 heteroatoms. The molecule has 0 fully saturated rings. The van der Waals surface area contributed by atoms with Gasteiger partial charge in [0.1, 0.15) is 11.3 Å². The summed E-state index contributed by atoms with van der Waals surface area (Å²) in [6.07, 6.45) is 0. The number of hydrogen-bond acceptors (Lipinski definition) is 4. The van der Waals surface area contributed by atoms with Crippen LogP contribution in [-0.4, -0.2) is 37.2 Å². The van der Waals surface area contributed by atoms with Crippen molar-refractivity contribution < 1.29 is 19.4 Å². The molecule has 0 saturated heterocycles. The highest BCUT2D eigenvalue weighted by molar-refractivity contribution is 6.15. The second-order valence-corrected chi connectivity index (χ2v) is 5.84. The molecule has 0 unspecified atom stereocenters. The molecule has 3 aromatic rings. The lowest BCUT2D eigenvalue weighted by atomic mass is 10.0. The van der Waals surface area contributed by atoms with E-state index in [0.29, 0.717) is 17.0 Å². The molecule has 27 heavy (non-hydrogen) atoms. The number of hydrogen-bond donors (Lipinski definition) is 3. The highest BCUT2D eigenvalue weighted by atomic mass is 16.5. The monoisotopic (exact) mass is 364 g/mol. The Labute approximate surface area is 156 Å². The number of benzene rings is 3. The molecule has 0 saturated carbocycles. The smallest absolute Gasteiger partial charge is 0.257 e. The Balaban J connectivity index is 1.97. The Morgan fingerprint density at radius 3 is 2.48 bits per heavy atom. The summed E-state index contributed by atoms with van der Waals surface area (Å²) in [5.41, 5.74) is 1.06. The number of ether oxygens (including phenoxy) is 1. The van der Waals surface area contributed by atoms with Crippen LogP contribution in [-0.2, 0) is 0 Å². The average Bonchev–Trinajstić information content (AvgIpc) is 2.71. The first kappa shape index (κ1) is 18.4. The molecule has 3 aromatic carbocycles. The van der Waals surface area contributed by atoms with Crippen LogP contribution < -0.4 is 15.4 Å². The van der Waals surface area contributed by atoms with Gasteiger partial charge in [-0.05, 0) is 29.0 Å². The Morgan fingerprint density at radius 1 is 0.963 bits per heavy atom. The van der Waals surface area contributed by atoms with E-state index in [0.717, 1.165) is 10.8 Å². The van der Waals surface area contributed by atoms with E-state index < -0.39 is 5.91 Å². The van der Waals surface area contributed by atoms with E-state index in [2.05, 4.69) is 10.6 Å². The first-order valence-electron chi connectivity index (χ1n) is 8.51. The number of nitrogens with one attached hydrogen (secondary N) is 2. The molecule has 138 valence electrons.